The van der Waals surface area contributed by atoms with Crippen LogP contribution in [0, 0.1) is 0 Å². The molecule has 0 unspecified atom stereocenters. The molecular weight excluding hydrogens is 198 g/mol. The summed E-state index contributed by atoms with van der Waals surface area (Å²) in [6.45, 7) is 2.46. The molecule has 0 radical (unpaired) electrons. The van der Waals surface area contributed by atoms with E-state index in [9.17, 15) is 4.79 Å². The fraction of sp³-hybridized carbons (Fsp3) is 0.214. The van der Waals surface area contributed by atoms with Crippen molar-refractivity contribution in [2.45, 2.75) is 19.9 Å². The Morgan fingerprint density at radius 2 is 1.88 bits per heavy atom. The molecule has 0 spiro atoms. The SMILES string of the molecule is CC(=O)c1cccn1CCc1ccccc1. The van der Waals surface area contributed by atoms with Crippen LogP contribution in [0.25, 0.3) is 0 Å². The minimum absolute atomic E-state index is 0.123. The van der Waals surface area contributed by atoms with E-state index in [4.69, 9.17) is 0 Å². The molecule has 1 aromatic carbocycles. The number of aryl methyl sites for hydroxylation is 2. The molecule has 0 aliphatic carbocycles. The first kappa shape index (κ1) is 10.7. The smallest absolute Gasteiger partial charge is 0.176 e. The second-order valence-corrected chi connectivity index (χ2v) is 3.88. The Morgan fingerprint density at radius 1 is 1.12 bits per heavy atom. The number of hydrogen-bond donors (Lipinski definition) is 0. The van der Waals surface area contributed by atoms with Crippen LogP contribution < -0.4 is 0 Å². The van der Waals surface area contributed by atoms with Gasteiger partial charge in [-0.05, 0) is 24.1 Å². The highest BCUT2D eigenvalue weighted by Gasteiger charge is 2.04. The van der Waals surface area contributed by atoms with Crippen LogP contribution in [0.15, 0.2) is 48.7 Å². The van der Waals surface area contributed by atoms with E-state index in [0.29, 0.717) is 0 Å². The molecule has 0 bridgehead atoms. The van der Waals surface area contributed by atoms with E-state index in [1.165, 1.54) is 5.56 Å². The first-order valence-electron chi connectivity index (χ1n) is 5.47. The molecule has 2 nitrogen and oxygen atoms in total. The quantitative estimate of drug-likeness (QED) is 0.716. The number of aromatic nitrogens is 1. The zero-order chi connectivity index (χ0) is 11.4. The van der Waals surface area contributed by atoms with E-state index in [1.807, 2.05) is 41.1 Å². The number of benzene rings is 1. The van der Waals surface area contributed by atoms with Gasteiger partial charge in [0.15, 0.2) is 5.78 Å². The Morgan fingerprint density at radius 3 is 2.56 bits per heavy atom. The third-order valence-electron chi connectivity index (χ3n) is 2.67. The van der Waals surface area contributed by atoms with Gasteiger partial charge in [-0.3, -0.25) is 4.79 Å². The summed E-state index contributed by atoms with van der Waals surface area (Å²) >= 11 is 0. The average Bonchev–Trinajstić information content (AvgIpc) is 2.76. The maximum Gasteiger partial charge on any atom is 0.176 e. The normalized spacial score (nSPS) is 10.3. The topological polar surface area (TPSA) is 22.0 Å². The molecule has 0 amide bonds. The maximum atomic E-state index is 11.3. The van der Waals surface area contributed by atoms with Crippen LogP contribution in [0.5, 0.6) is 0 Å². The molecule has 0 saturated carbocycles. The van der Waals surface area contributed by atoms with Gasteiger partial charge in [0.2, 0.25) is 0 Å². The Labute approximate surface area is 95.5 Å². The van der Waals surface area contributed by atoms with Crippen LogP contribution >= 0.6 is 0 Å². The van der Waals surface area contributed by atoms with Gasteiger partial charge in [-0.25, -0.2) is 0 Å². The number of carbonyl (C=O) groups is 1. The Balaban J connectivity index is 2.05. The molecule has 2 rings (SSSR count). The third-order valence-corrected chi connectivity index (χ3v) is 2.67. The van der Waals surface area contributed by atoms with Crippen molar-refractivity contribution in [2.24, 2.45) is 0 Å². The predicted octanol–water partition coefficient (Wildman–Crippen LogP) is 2.93. The van der Waals surface area contributed by atoms with Crippen molar-refractivity contribution in [2.75, 3.05) is 0 Å². The van der Waals surface area contributed by atoms with Crippen molar-refractivity contribution in [3.8, 4) is 0 Å². The standard InChI is InChI=1S/C14H15NO/c1-12(16)14-8-5-10-15(14)11-9-13-6-3-2-4-7-13/h2-8,10H,9,11H2,1H3. The van der Waals surface area contributed by atoms with E-state index < -0.39 is 0 Å². The van der Waals surface area contributed by atoms with Crippen LogP contribution in [-0.2, 0) is 13.0 Å². The predicted molar refractivity (Wildman–Crippen MR) is 64.6 cm³/mol. The van der Waals surface area contributed by atoms with E-state index in [0.717, 1.165) is 18.7 Å². The molecule has 2 aromatic rings. The summed E-state index contributed by atoms with van der Waals surface area (Å²) in [7, 11) is 0. The fourth-order valence-electron chi connectivity index (χ4n) is 1.82. The zero-order valence-corrected chi connectivity index (χ0v) is 9.39. The highest BCUT2D eigenvalue weighted by molar-refractivity contribution is 5.92. The first-order valence-corrected chi connectivity index (χ1v) is 5.47. The van der Waals surface area contributed by atoms with Gasteiger partial charge in [-0.2, -0.15) is 0 Å². The Hall–Kier alpha value is -1.83. The number of Topliss-reactive ketones (excluding diaryl/α,β-unsaturated/α-hetero) is 1. The first-order chi connectivity index (χ1) is 7.77. The van der Waals surface area contributed by atoms with Gasteiger partial charge in [0, 0.05) is 19.7 Å². The highest BCUT2D eigenvalue weighted by Crippen LogP contribution is 2.06. The van der Waals surface area contributed by atoms with Crippen LogP contribution in [0.4, 0.5) is 0 Å². The molecule has 0 atom stereocenters. The van der Waals surface area contributed by atoms with Gasteiger partial charge < -0.3 is 4.57 Å². The second-order valence-electron chi connectivity index (χ2n) is 3.88. The zero-order valence-electron chi connectivity index (χ0n) is 9.39. The summed E-state index contributed by atoms with van der Waals surface area (Å²) in [4.78, 5) is 11.3. The summed E-state index contributed by atoms with van der Waals surface area (Å²) in [6, 6.07) is 14.1. The van der Waals surface area contributed by atoms with Crippen molar-refractivity contribution in [1.29, 1.82) is 0 Å². The van der Waals surface area contributed by atoms with Crippen LogP contribution in [0.3, 0.4) is 0 Å². The number of rotatable bonds is 4. The summed E-state index contributed by atoms with van der Waals surface area (Å²) in [5.41, 5.74) is 2.08. The molecule has 82 valence electrons. The minimum atomic E-state index is 0.123. The van der Waals surface area contributed by atoms with Gasteiger partial charge in [0.1, 0.15) is 0 Å². The Kier molecular flexibility index (Phi) is 3.20. The molecule has 0 fully saturated rings. The molecular formula is C14H15NO. The number of ketones is 1. The monoisotopic (exact) mass is 213 g/mol. The molecule has 2 heteroatoms. The van der Waals surface area contributed by atoms with E-state index in [-0.39, 0.29) is 5.78 Å². The lowest BCUT2D eigenvalue weighted by atomic mass is 10.1. The maximum absolute atomic E-state index is 11.3. The van der Waals surface area contributed by atoms with Gasteiger partial charge in [0.05, 0.1) is 5.69 Å². The number of hydrogen-bond acceptors (Lipinski definition) is 1. The van der Waals surface area contributed by atoms with Gasteiger partial charge in [-0.1, -0.05) is 30.3 Å². The number of carbonyl (C=O) groups excluding carboxylic acids is 1. The second kappa shape index (κ2) is 4.79. The van der Waals surface area contributed by atoms with Crippen LogP contribution in [0.1, 0.15) is 23.0 Å². The summed E-state index contributed by atoms with van der Waals surface area (Å²) in [5, 5.41) is 0. The molecule has 1 heterocycles. The van der Waals surface area contributed by atoms with E-state index in [2.05, 4.69) is 12.1 Å². The highest BCUT2D eigenvalue weighted by atomic mass is 16.1. The Bertz CT molecular complexity index is 470. The average molecular weight is 213 g/mol. The van der Waals surface area contributed by atoms with Crippen LogP contribution in [-0.4, -0.2) is 10.4 Å². The van der Waals surface area contributed by atoms with Crippen molar-refractivity contribution in [1.82, 2.24) is 4.57 Å². The van der Waals surface area contributed by atoms with E-state index >= 15 is 0 Å². The lowest BCUT2D eigenvalue weighted by Crippen LogP contribution is -2.07. The van der Waals surface area contributed by atoms with Gasteiger partial charge in [-0.15, -0.1) is 0 Å². The van der Waals surface area contributed by atoms with Crippen molar-refractivity contribution < 1.29 is 4.79 Å². The third kappa shape index (κ3) is 2.40. The summed E-state index contributed by atoms with van der Waals surface area (Å²) in [6.07, 6.45) is 2.91. The number of nitrogens with zero attached hydrogens (tertiary/aromatic N) is 1. The van der Waals surface area contributed by atoms with Crippen LogP contribution in [0.2, 0.25) is 0 Å². The molecule has 0 saturated heterocycles. The molecule has 0 N–H and O–H groups in total. The van der Waals surface area contributed by atoms with E-state index in [1.54, 1.807) is 6.92 Å². The van der Waals surface area contributed by atoms with Crippen molar-refractivity contribution in [3.63, 3.8) is 0 Å². The minimum Gasteiger partial charge on any atom is -0.345 e. The molecule has 0 aliphatic rings. The molecule has 16 heavy (non-hydrogen) atoms. The van der Waals surface area contributed by atoms with Gasteiger partial charge >= 0.3 is 0 Å². The lowest BCUT2D eigenvalue weighted by molar-refractivity contribution is 0.100. The van der Waals surface area contributed by atoms with Gasteiger partial charge in [0.25, 0.3) is 0 Å². The molecule has 0 aliphatic heterocycles. The summed E-state index contributed by atoms with van der Waals surface area (Å²) < 4.78 is 2.01. The largest absolute Gasteiger partial charge is 0.345 e. The summed E-state index contributed by atoms with van der Waals surface area (Å²) in [5.74, 6) is 0.123. The fourth-order valence-corrected chi connectivity index (χ4v) is 1.82. The lowest BCUT2D eigenvalue weighted by Gasteiger charge is -2.06. The van der Waals surface area contributed by atoms with Crippen molar-refractivity contribution >= 4 is 5.78 Å². The van der Waals surface area contributed by atoms with Crippen molar-refractivity contribution in [3.05, 3.63) is 59.9 Å². The molecule has 1 aromatic heterocycles.